The van der Waals surface area contributed by atoms with E-state index in [2.05, 4.69) is 4.98 Å². The largest absolute Gasteiger partial charge is 0.491 e. The molecule has 1 heterocycles. The molecule has 2 N–H and O–H groups in total. The van der Waals surface area contributed by atoms with Crippen LogP contribution in [-0.4, -0.2) is 12.1 Å². The van der Waals surface area contributed by atoms with Crippen molar-refractivity contribution in [1.29, 1.82) is 0 Å². The van der Waals surface area contributed by atoms with Crippen molar-refractivity contribution >= 4 is 11.6 Å². The summed E-state index contributed by atoms with van der Waals surface area (Å²) in [5.74, 6) is 1.53. The molecule has 0 saturated heterocycles. The summed E-state index contributed by atoms with van der Waals surface area (Å²) in [5.41, 5.74) is 6.50. The second-order valence-electron chi connectivity index (χ2n) is 3.57. The molecule has 0 aliphatic carbocycles. The monoisotopic (exact) mass is 264 g/mol. The molecule has 1 aromatic heterocycles. The van der Waals surface area contributed by atoms with Gasteiger partial charge in [-0.2, -0.15) is 0 Å². The minimum atomic E-state index is 0.363. The number of hydrogen-bond acceptors (Lipinski definition) is 4. The molecule has 94 valence electrons. The molecule has 0 fully saturated rings. The molecule has 0 atom stereocenters. The Bertz CT molecular complexity index is 546. The van der Waals surface area contributed by atoms with Crippen molar-refractivity contribution in [2.75, 3.05) is 7.11 Å². The smallest absolute Gasteiger partial charge is 0.262 e. The number of halogens is 1. The fraction of sp³-hybridized carbons (Fsp3) is 0.154. The lowest BCUT2D eigenvalue weighted by Gasteiger charge is -2.11. The fourth-order valence-corrected chi connectivity index (χ4v) is 1.67. The minimum absolute atomic E-state index is 0.363. The van der Waals surface area contributed by atoms with Crippen molar-refractivity contribution in [3.8, 4) is 17.4 Å². The zero-order valence-electron chi connectivity index (χ0n) is 9.89. The summed E-state index contributed by atoms with van der Waals surface area (Å²) < 4.78 is 10.9. The Morgan fingerprint density at radius 2 is 2.11 bits per heavy atom. The van der Waals surface area contributed by atoms with Crippen molar-refractivity contribution in [3.63, 3.8) is 0 Å². The molecule has 0 bridgehead atoms. The van der Waals surface area contributed by atoms with Gasteiger partial charge in [-0.3, -0.25) is 0 Å². The number of aromatic nitrogens is 1. The van der Waals surface area contributed by atoms with Crippen LogP contribution in [0.5, 0.6) is 17.4 Å². The number of rotatable bonds is 4. The van der Waals surface area contributed by atoms with E-state index in [1.54, 1.807) is 37.6 Å². The summed E-state index contributed by atoms with van der Waals surface area (Å²) in [6.07, 6.45) is 1.63. The van der Waals surface area contributed by atoms with Crippen molar-refractivity contribution < 1.29 is 9.47 Å². The molecule has 5 heteroatoms. The van der Waals surface area contributed by atoms with Gasteiger partial charge in [-0.1, -0.05) is 17.7 Å². The van der Waals surface area contributed by atoms with Gasteiger partial charge < -0.3 is 15.2 Å². The van der Waals surface area contributed by atoms with Gasteiger partial charge >= 0.3 is 0 Å². The first-order chi connectivity index (χ1) is 8.74. The van der Waals surface area contributed by atoms with Crippen LogP contribution in [0, 0.1) is 0 Å². The third kappa shape index (κ3) is 2.72. The third-order valence-corrected chi connectivity index (χ3v) is 2.65. The average Bonchev–Trinajstić information content (AvgIpc) is 2.40. The van der Waals surface area contributed by atoms with E-state index >= 15 is 0 Å². The average molecular weight is 265 g/mol. The lowest BCUT2D eigenvalue weighted by atomic mass is 10.2. The molecule has 0 radical (unpaired) electrons. The minimum Gasteiger partial charge on any atom is -0.491 e. The van der Waals surface area contributed by atoms with Crippen LogP contribution in [0.3, 0.4) is 0 Å². The Morgan fingerprint density at radius 1 is 1.28 bits per heavy atom. The summed E-state index contributed by atoms with van der Waals surface area (Å²) in [4.78, 5) is 4.12. The van der Waals surface area contributed by atoms with Crippen LogP contribution in [0.2, 0.25) is 5.02 Å². The van der Waals surface area contributed by atoms with E-state index in [1.165, 1.54) is 0 Å². The highest BCUT2D eigenvalue weighted by Crippen LogP contribution is 2.32. The number of pyridine rings is 1. The predicted octanol–water partition coefficient (Wildman–Crippen LogP) is 2.99. The van der Waals surface area contributed by atoms with Crippen LogP contribution < -0.4 is 15.2 Å². The number of ether oxygens (including phenoxy) is 2. The molecule has 18 heavy (non-hydrogen) atoms. The van der Waals surface area contributed by atoms with Gasteiger partial charge in [-0.15, -0.1) is 0 Å². The highest BCUT2D eigenvalue weighted by atomic mass is 35.5. The summed E-state index contributed by atoms with van der Waals surface area (Å²) in [5, 5.41) is 0.581. The predicted molar refractivity (Wildman–Crippen MR) is 70.2 cm³/mol. The molecule has 0 spiro atoms. The zero-order chi connectivity index (χ0) is 13.0. The zero-order valence-corrected chi connectivity index (χ0v) is 10.6. The first-order valence-corrected chi connectivity index (χ1v) is 5.77. The lowest BCUT2D eigenvalue weighted by molar-refractivity contribution is 0.368. The van der Waals surface area contributed by atoms with E-state index in [-0.39, 0.29) is 0 Å². The van der Waals surface area contributed by atoms with E-state index in [1.807, 2.05) is 6.07 Å². The normalized spacial score (nSPS) is 10.2. The van der Waals surface area contributed by atoms with Gasteiger partial charge in [0.15, 0.2) is 5.75 Å². The van der Waals surface area contributed by atoms with E-state index in [4.69, 9.17) is 26.8 Å². The first kappa shape index (κ1) is 12.7. The number of hydrogen-bond donors (Lipinski definition) is 1. The summed E-state index contributed by atoms with van der Waals surface area (Å²) >= 11 is 5.94. The first-order valence-electron chi connectivity index (χ1n) is 5.40. The van der Waals surface area contributed by atoms with E-state index in [0.717, 1.165) is 5.56 Å². The maximum absolute atomic E-state index is 5.94. The quantitative estimate of drug-likeness (QED) is 0.922. The number of nitrogens with zero attached hydrogens (tertiary/aromatic N) is 1. The van der Waals surface area contributed by atoms with Gasteiger partial charge in [-0.05, 0) is 24.3 Å². The SMILES string of the molecule is COc1cccnc1Oc1cc(Cl)ccc1CN. The molecule has 2 rings (SSSR count). The molecule has 0 aliphatic heterocycles. The Hall–Kier alpha value is -1.78. The van der Waals surface area contributed by atoms with E-state index in [9.17, 15) is 0 Å². The van der Waals surface area contributed by atoms with Crippen molar-refractivity contribution in [3.05, 3.63) is 47.1 Å². The molecule has 0 unspecified atom stereocenters. The number of nitrogens with two attached hydrogens (primary N) is 1. The van der Waals surface area contributed by atoms with E-state index in [0.29, 0.717) is 28.9 Å². The molecule has 1 aromatic carbocycles. The van der Waals surface area contributed by atoms with E-state index < -0.39 is 0 Å². The third-order valence-electron chi connectivity index (χ3n) is 2.41. The van der Waals surface area contributed by atoms with Gasteiger partial charge in [0.25, 0.3) is 5.88 Å². The highest BCUT2D eigenvalue weighted by Gasteiger charge is 2.09. The second kappa shape index (κ2) is 5.71. The number of benzene rings is 1. The summed E-state index contributed by atoms with van der Waals surface area (Å²) in [7, 11) is 1.56. The van der Waals surface area contributed by atoms with Crippen molar-refractivity contribution in [2.24, 2.45) is 5.73 Å². The van der Waals surface area contributed by atoms with Crippen LogP contribution in [0.15, 0.2) is 36.5 Å². The molecule has 2 aromatic rings. The lowest BCUT2D eigenvalue weighted by Crippen LogP contribution is -2.00. The van der Waals surface area contributed by atoms with Crippen LogP contribution in [0.25, 0.3) is 0 Å². The maximum atomic E-state index is 5.94. The molecule has 0 aliphatic rings. The van der Waals surface area contributed by atoms with Gasteiger partial charge in [0.1, 0.15) is 5.75 Å². The van der Waals surface area contributed by atoms with Gasteiger partial charge in [-0.25, -0.2) is 4.98 Å². The van der Waals surface area contributed by atoms with Crippen molar-refractivity contribution in [1.82, 2.24) is 4.98 Å². The molecular weight excluding hydrogens is 252 g/mol. The Labute approximate surface area is 110 Å². The highest BCUT2D eigenvalue weighted by molar-refractivity contribution is 6.30. The molecular formula is C13H13ClN2O2. The van der Waals surface area contributed by atoms with Crippen LogP contribution >= 0.6 is 11.6 Å². The van der Waals surface area contributed by atoms with Crippen LogP contribution in [0.4, 0.5) is 0 Å². The molecule has 0 amide bonds. The molecule has 0 saturated carbocycles. The molecule has 4 nitrogen and oxygen atoms in total. The van der Waals surface area contributed by atoms with Gasteiger partial charge in [0, 0.05) is 23.3 Å². The fourth-order valence-electron chi connectivity index (χ4n) is 1.50. The summed E-state index contributed by atoms with van der Waals surface area (Å²) in [6.45, 7) is 0.363. The number of methoxy groups -OCH3 is 1. The van der Waals surface area contributed by atoms with Crippen molar-refractivity contribution in [2.45, 2.75) is 6.54 Å². The summed E-state index contributed by atoms with van der Waals surface area (Å²) in [6, 6.07) is 8.85. The second-order valence-corrected chi connectivity index (χ2v) is 4.01. The van der Waals surface area contributed by atoms with Crippen LogP contribution in [0.1, 0.15) is 5.56 Å². The standard InChI is InChI=1S/C13H13ClN2O2/c1-17-11-3-2-6-16-13(11)18-12-7-10(14)5-4-9(12)8-15/h2-7H,8,15H2,1H3. The maximum Gasteiger partial charge on any atom is 0.262 e. The topological polar surface area (TPSA) is 57.4 Å². The van der Waals surface area contributed by atoms with Crippen LogP contribution in [-0.2, 0) is 6.54 Å². The Balaban J connectivity index is 2.36. The Morgan fingerprint density at radius 3 is 2.83 bits per heavy atom. The Kier molecular flexibility index (Phi) is 4.02. The van der Waals surface area contributed by atoms with Gasteiger partial charge in [0.05, 0.1) is 7.11 Å². The van der Waals surface area contributed by atoms with Gasteiger partial charge in [0.2, 0.25) is 0 Å².